The van der Waals surface area contributed by atoms with E-state index in [1.54, 1.807) is 0 Å². The molecule has 0 amide bonds. The molecule has 1 aliphatic heterocycles. The Balaban J connectivity index is 2.22. The van der Waals surface area contributed by atoms with E-state index >= 15 is 0 Å². The highest BCUT2D eigenvalue weighted by molar-refractivity contribution is 5.37. The molecule has 76 valence electrons. The van der Waals surface area contributed by atoms with Crippen molar-refractivity contribution in [1.82, 2.24) is 4.90 Å². The molecule has 1 unspecified atom stereocenters. The molecular weight excluding hydrogens is 174 g/mol. The Hall–Kier alpha value is -1.02. The number of rotatable bonds is 2. The average molecular weight is 191 g/mol. The van der Waals surface area contributed by atoms with Crippen LogP contribution in [0.4, 0.5) is 0 Å². The maximum atomic E-state index is 5.62. The van der Waals surface area contributed by atoms with Crippen molar-refractivity contribution in [2.45, 2.75) is 12.3 Å². The Morgan fingerprint density at radius 3 is 2.93 bits per heavy atom. The molecule has 0 bridgehead atoms. The van der Waals surface area contributed by atoms with E-state index < -0.39 is 0 Å². The third-order valence-electron chi connectivity index (χ3n) is 2.67. The maximum Gasteiger partial charge on any atom is 0.122 e. The lowest BCUT2D eigenvalue weighted by Crippen LogP contribution is -2.25. The molecule has 0 aliphatic carbocycles. The molecule has 0 aromatic heterocycles. The van der Waals surface area contributed by atoms with Gasteiger partial charge in [-0.3, -0.25) is 0 Å². The normalized spacial score (nSPS) is 20.4. The molecule has 1 aliphatic rings. The van der Waals surface area contributed by atoms with Crippen molar-refractivity contribution in [2.75, 3.05) is 27.2 Å². The van der Waals surface area contributed by atoms with E-state index in [0.717, 1.165) is 25.3 Å². The summed E-state index contributed by atoms with van der Waals surface area (Å²) in [5.41, 5.74) is 1.37. The number of nitrogens with zero attached hydrogens (tertiary/aromatic N) is 1. The van der Waals surface area contributed by atoms with E-state index in [-0.39, 0.29) is 0 Å². The number of ether oxygens (including phenoxy) is 1. The lowest BCUT2D eigenvalue weighted by atomic mass is 9.93. The summed E-state index contributed by atoms with van der Waals surface area (Å²) in [6.45, 7) is 1.97. The predicted octanol–water partition coefficient (Wildman–Crippen LogP) is 2.11. The first-order valence-corrected chi connectivity index (χ1v) is 5.14. The Morgan fingerprint density at radius 1 is 1.36 bits per heavy atom. The smallest absolute Gasteiger partial charge is 0.122 e. The van der Waals surface area contributed by atoms with Crippen LogP contribution < -0.4 is 4.74 Å². The van der Waals surface area contributed by atoms with Crippen LogP contribution in [0.1, 0.15) is 17.9 Å². The minimum atomic E-state index is 0.634. The highest BCUT2D eigenvalue weighted by Gasteiger charge is 2.20. The van der Waals surface area contributed by atoms with Gasteiger partial charge in [0.2, 0.25) is 0 Å². The van der Waals surface area contributed by atoms with Gasteiger partial charge in [0.05, 0.1) is 6.61 Å². The number of hydrogen-bond donors (Lipinski definition) is 0. The molecule has 1 aromatic rings. The van der Waals surface area contributed by atoms with Crippen molar-refractivity contribution in [3.8, 4) is 5.75 Å². The molecule has 0 radical (unpaired) electrons. The van der Waals surface area contributed by atoms with Crippen molar-refractivity contribution in [1.29, 1.82) is 0 Å². The van der Waals surface area contributed by atoms with Crippen LogP contribution in [0, 0.1) is 0 Å². The van der Waals surface area contributed by atoms with Crippen LogP contribution >= 0.6 is 0 Å². The lowest BCUT2D eigenvalue weighted by Gasteiger charge is -2.27. The van der Waals surface area contributed by atoms with E-state index in [1.807, 2.05) is 6.07 Å². The van der Waals surface area contributed by atoms with Crippen LogP contribution in [0.25, 0.3) is 0 Å². The van der Waals surface area contributed by atoms with Crippen LogP contribution in [-0.2, 0) is 0 Å². The summed E-state index contributed by atoms with van der Waals surface area (Å²) in [6.07, 6.45) is 1.13. The molecule has 2 heteroatoms. The molecule has 1 aromatic carbocycles. The molecular formula is C12H17NO. The van der Waals surface area contributed by atoms with Crippen molar-refractivity contribution >= 4 is 0 Å². The maximum absolute atomic E-state index is 5.62. The standard InChI is InChI=1S/C12H17NO/c1-13(2)9-10-7-8-14-12-6-4-3-5-11(10)12/h3-6,10H,7-9H2,1-2H3. The van der Waals surface area contributed by atoms with E-state index in [4.69, 9.17) is 4.74 Å². The zero-order valence-electron chi connectivity index (χ0n) is 8.86. The SMILES string of the molecule is CN(C)CC1CCOc2ccccc21. The van der Waals surface area contributed by atoms with E-state index in [0.29, 0.717) is 5.92 Å². The fraction of sp³-hybridized carbons (Fsp3) is 0.500. The van der Waals surface area contributed by atoms with Crippen molar-refractivity contribution in [3.05, 3.63) is 29.8 Å². The van der Waals surface area contributed by atoms with Crippen molar-refractivity contribution in [2.24, 2.45) is 0 Å². The number of benzene rings is 1. The molecule has 2 rings (SSSR count). The molecule has 0 saturated heterocycles. The van der Waals surface area contributed by atoms with Crippen LogP contribution in [0.5, 0.6) is 5.75 Å². The summed E-state index contributed by atoms with van der Waals surface area (Å²) < 4.78 is 5.62. The average Bonchev–Trinajstić information content (AvgIpc) is 2.18. The molecule has 0 N–H and O–H groups in total. The first-order chi connectivity index (χ1) is 6.77. The summed E-state index contributed by atoms with van der Waals surface area (Å²) in [4.78, 5) is 2.24. The fourth-order valence-electron chi connectivity index (χ4n) is 2.05. The largest absolute Gasteiger partial charge is 0.493 e. The van der Waals surface area contributed by atoms with Crippen LogP contribution in [0.15, 0.2) is 24.3 Å². The Labute approximate surface area is 85.5 Å². The number of fused-ring (bicyclic) bond motifs is 1. The van der Waals surface area contributed by atoms with Crippen molar-refractivity contribution < 1.29 is 4.74 Å². The first-order valence-electron chi connectivity index (χ1n) is 5.14. The summed E-state index contributed by atoms with van der Waals surface area (Å²) in [5.74, 6) is 1.71. The van der Waals surface area contributed by atoms with Gasteiger partial charge >= 0.3 is 0 Å². The molecule has 14 heavy (non-hydrogen) atoms. The van der Waals surface area contributed by atoms with Gasteiger partial charge in [-0.1, -0.05) is 18.2 Å². The predicted molar refractivity (Wildman–Crippen MR) is 57.8 cm³/mol. The second-order valence-corrected chi connectivity index (χ2v) is 4.13. The Kier molecular flexibility index (Phi) is 2.73. The van der Waals surface area contributed by atoms with Crippen LogP contribution in [0.3, 0.4) is 0 Å². The summed E-state index contributed by atoms with van der Waals surface area (Å²) in [6, 6.07) is 8.38. The molecule has 1 heterocycles. The van der Waals surface area contributed by atoms with Crippen LogP contribution in [-0.4, -0.2) is 32.1 Å². The van der Waals surface area contributed by atoms with E-state index in [1.165, 1.54) is 5.56 Å². The summed E-state index contributed by atoms with van der Waals surface area (Å²) in [5, 5.41) is 0. The lowest BCUT2D eigenvalue weighted by molar-refractivity contribution is 0.244. The zero-order chi connectivity index (χ0) is 9.97. The molecule has 0 saturated carbocycles. The minimum absolute atomic E-state index is 0.634. The van der Waals surface area contributed by atoms with Crippen molar-refractivity contribution in [3.63, 3.8) is 0 Å². The molecule has 0 fully saturated rings. The highest BCUT2D eigenvalue weighted by atomic mass is 16.5. The summed E-state index contributed by atoms with van der Waals surface area (Å²) >= 11 is 0. The zero-order valence-corrected chi connectivity index (χ0v) is 8.86. The van der Waals surface area contributed by atoms with Gasteiger partial charge in [-0.05, 0) is 32.1 Å². The van der Waals surface area contributed by atoms with E-state index in [2.05, 4.69) is 37.2 Å². The van der Waals surface area contributed by atoms with Gasteiger partial charge in [0, 0.05) is 12.5 Å². The first kappa shape index (κ1) is 9.53. The van der Waals surface area contributed by atoms with E-state index in [9.17, 15) is 0 Å². The van der Waals surface area contributed by atoms with Crippen LogP contribution in [0.2, 0.25) is 0 Å². The second-order valence-electron chi connectivity index (χ2n) is 4.13. The van der Waals surface area contributed by atoms with Gasteiger partial charge < -0.3 is 9.64 Å². The number of hydrogen-bond acceptors (Lipinski definition) is 2. The number of likely N-dealkylation sites (N-methyl/N-ethyl adjacent to an activating group) is 1. The Morgan fingerprint density at radius 2 is 2.14 bits per heavy atom. The fourth-order valence-corrected chi connectivity index (χ4v) is 2.05. The molecule has 2 nitrogen and oxygen atoms in total. The highest BCUT2D eigenvalue weighted by Crippen LogP contribution is 2.33. The van der Waals surface area contributed by atoms with Gasteiger partial charge in [0.1, 0.15) is 5.75 Å². The minimum Gasteiger partial charge on any atom is -0.493 e. The second kappa shape index (κ2) is 4.01. The quantitative estimate of drug-likeness (QED) is 0.710. The molecule has 0 spiro atoms. The van der Waals surface area contributed by atoms with Gasteiger partial charge in [-0.2, -0.15) is 0 Å². The third kappa shape index (κ3) is 1.90. The molecule has 1 atom stereocenters. The van der Waals surface area contributed by atoms with Gasteiger partial charge in [0.15, 0.2) is 0 Å². The Bertz CT molecular complexity index is 309. The van der Waals surface area contributed by atoms with Gasteiger partial charge in [-0.25, -0.2) is 0 Å². The summed E-state index contributed by atoms with van der Waals surface area (Å²) in [7, 11) is 4.25. The monoisotopic (exact) mass is 191 g/mol. The topological polar surface area (TPSA) is 12.5 Å². The van der Waals surface area contributed by atoms with Gasteiger partial charge in [-0.15, -0.1) is 0 Å². The van der Waals surface area contributed by atoms with Gasteiger partial charge in [0.25, 0.3) is 0 Å². The third-order valence-corrected chi connectivity index (χ3v) is 2.67. The number of para-hydroxylation sites is 1.